The van der Waals surface area contributed by atoms with E-state index in [4.69, 9.17) is 5.73 Å². The molecule has 0 radical (unpaired) electrons. The molecule has 1 aromatic carbocycles. The molecule has 0 bridgehead atoms. The van der Waals surface area contributed by atoms with Crippen molar-refractivity contribution in [3.63, 3.8) is 0 Å². The van der Waals surface area contributed by atoms with Crippen molar-refractivity contribution in [2.75, 3.05) is 6.26 Å². The quantitative estimate of drug-likeness (QED) is 0.508. The molecule has 0 unspecified atom stereocenters. The van der Waals surface area contributed by atoms with Crippen LogP contribution >= 0.6 is 27.7 Å². The summed E-state index contributed by atoms with van der Waals surface area (Å²) in [6.45, 7) is 0. The van der Waals surface area contributed by atoms with Gasteiger partial charge in [0.25, 0.3) is 0 Å². The molecule has 1 aromatic rings. The van der Waals surface area contributed by atoms with Crippen molar-refractivity contribution in [2.45, 2.75) is 4.90 Å². The Morgan fingerprint density at radius 3 is 2.93 bits per heavy atom. The van der Waals surface area contributed by atoms with Crippen LogP contribution in [0.15, 0.2) is 32.7 Å². The van der Waals surface area contributed by atoms with E-state index in [1.807, 2.05) is 24.5 Å². The smallest absolute Gasteiger partial charge is 0.332 e. The van der Waals surface area contributed by atoms with Crippen LogP contribution < -0.4 is 11.2 Å². The van der Waals surface area contributed by atoms with E-state index in [9.17, 15) is 4.79 Å². The molecule has 0 fully saturated rings. The van der Waals surface area contributed by atoms with Crippen LogP contribution in [0, 0.1) is 0 Å². The van der Waals surface area contributed by atoms with Crippen LogP contribution in [-0.4, -0.2) is 18.5 Å². The van der Waals surface area contributed by atoms with Gasteiger partial charge in [0, 0.05) is 9.37 Å². The molecule has 0 heterocycles. The minimum atomic E-state index is -0.675. The van der Waals surface area contributed by atoms with Crippen LogP contribution in [0.4, 0.5) is 4.79 Å². The Kier molecular flexibility index (Phi) is 4.64. The highest BCUT2D eigenvalue weighted by Gasteiger charge is 1.98. The van der Waals surface area contributed by atoms with Crippen molar-refractivity contribution in [3.8, 4) is 0 Å². The number of rotatable bonds is 3. The lowest BCUT2D eigenvalue weighted by Crippen LogP contribution is -2.24. The first-order valence-electron chi connectivity index (χ1n) is 4.05. The summed E-state index contributed by atoms with van der Waals surface area (Å²) in [6, 6.07) is 5.12. The molecule has 80 valence electrons. The Balaban J connectivity index is 2.75. The number of carbonyl (C=O) groups excluding carboxylic acids is 1. The van der Waals surface area contributed by atoms with Gasteiger partial charge in [0.15, 0.2) is 0 Å². The Labute approximate surface area is 100 Å². The lowest BCUT2D eigenvalue weighted by atomic mass is 10.2. The maximum Gasteiger partial charge on any atom is 0.332 e. The average molecular weight is 288 g/mol. The highest BCUT2D eigenvalue weighted by Crippen LogP contribution is 2.25. The maximum absolute atomic E-state index is 10.3. The number of hydrogen-bond acceptors (Lipinski definition) is 3. The number of nitrogens with one attached hydrogen (secondary N) is 1. The monoisotopic (exact) mass is 287 g/mol. The van der Waals surface area contributed by atoms with Crippen LogP contribution in [0.5, 0.6) is 0 Å². The summed E-state index contributed by atoms with van der Waals surface area (Å²) >= 11 is 5.09. The van der Waals surface area contributed by atoms with Gasteiger partial charge in [-0.05, 0) is 39.9 Å². The predicted octanol–water partition coefficient (Wildman–Crippen LogP) is 2.17. The normalized spacial score (nSPS) is 10.5. The zero-order valence-corrected chi connectivity index (χ0v) is 10.4. The summed E-state index contributed by atoms with van der Waals surface area (Å²) in [4.78, 5) is 11.5. The lowest BCUT2D eigenvalue weighted by molar-refractivity contribution is 0.249. The van der Waals surface area contributed by atoms with Gasteiger partial charge in [-0.3, -0.25) is 0 Å². The fourth-order valence-electron chi connectivity index (χ4n) is 0.933. The molecule has 0 atom stereocenters. The van der Waals surface area contributed by atoms with Crippen molar-refractivity contribution < 1.29 is 4.79 Å². The molecule has 0 saturated carbocycles. The summed E-state index contributed by atoms with van der Waals surface area (Å²) in [5.74, 6) is 0. The number of nitrogens with two attached hydrogens (primary N) is 1. The number of hydrogen-bond donors (Lipinski definition) is 2. The first-order valence-corrected chi connectivity index (χ1v) is 6.07. The van der Waals surface area contributed by atoms with Crippen LogP contribution in [0.2, 0.25) is 0 Å². The Bertz CT molecular complexity index is 395. The third kappa shape index (κ3) is 3.93. The summed E-state index contributed by atoms with van der Waals surface area (Å²) in [5.41, 5.74) is 7.87. The van der Waals surface area contributed by atoms with Crippen molar-refractivity contribution in [1.29, 1.82) is 0 Å². The molecule has 3 N–H and O–H groups in total. The second kappa shape index (κ2) is 5.77. The van der Waals surface area contributed by atoms with E-state index in [-0.39, 0.29) is 0 Å². The molecule has 0 aromatic heterocycles. The number of benzene rings is 1. The molecule has 0 saturated heterocycles. The van der Waals surface area contributed by atoms with Gasteiger partial charge in [0.05, 0.1) is 6.21 Å². The van der Waals surface area contributed by atoms with Gasteiger partial charge in [-0.25, -0.2) is 10.2 Å². The maximum atomic E-state index is 10.3. The summed E-state index contributed by atoms with van der Waals surface area (Å²) < 4.78 is 0.998. The number of halogens is 1. The standard InChI is InChI=1S/C9H10BrN3OS/c1-15-8-3-2-6(4-7(8)10)5-12-13-9(11)14/h2-5H,1H3,(H3,11,13,14). The van der Waals surface area contributed by atoms with Crippen LogP contribution in [0.25, 0.3) is 0 Å². The zero-order valence-electron chi connectivity index (χ0n) is 8.03. The Morgan fingerprint density at radius 1 is 1.67 bits per heavy atom. The van der Waals surface area contributed by atoms with Gasteiger partial charge < -0.3 is 5.73 Å². The Hall–Kier alpha value is -1.01. The van der Waals surface area contributed by atoms with Crippen molar-refractivity contribution >= 4 is 39.9 Å². The Morgan fingerprint density at radius 2 is 2.40 bits per heavy atom. The van der Waals surface area contributed by atoms with E-state index in [1.165, 1.54) is 6.21 Å². The zero-order chi connectivity index (χ0) is 11.3. The highest BCUT2D eigenvalue weighted by molar-refractivity contribution is 9.10. The fourth-order valence-corrected chi connectivity index (χ4v) is 2.27. The molecule has 0 spiro atoms. The van der Waals surface area contributed by atoms with E-state index in [2.05, 4.69) is 26.5 Å². The summed E-state index contributed by atoms with van der Waals surface area (Å²) in [5, 5.41) is 3.66. The van der Waals surface area contributed by atoms with Crippen LogP contribution in [0.1, 0.15) is 5.56 Å². The molecule has 4 nitrogen and oxygen atoms in total. The van der Waals surface area contributed by atoms with E-state index in [1.54, 1.807) is 11.8 Å². The molecule has 0 aliphatic rings. The SMILES string of the molecule is CSc1ccc(C=NNC(N)=O)cc1Br. The number of thioether (sulfide) groups is 1. The molecule has 6 heteroatoms. The minimum Gasteiger partial charge on any atom is -0.350 e. The molecular formula is C9H10BrN3OS. The predicted molar refractivity (Wildman–Crippen MR) is 66.2 cm³/mol. The molecule has 15 heavy (non-hydrogen) atoms. The number of urea groups is 1. The highest BCUT2D eigenvalue weighted by atomic mass is 79.9. The van der Waals surface area contributed by atoms with E-state index < -0.39 is 6.03 Å². The molecule has 0 aliphatic carbocycles. The van der Waals surface area contributed by atoms with Crippen molar-refractivity contribution in [3.05, 3.63) is 28.2 Å². The number of amides is 2. The first-order chi connectivity index (χ1) is 7.13. The minimum absolute atomic E-state index is 0.675. The second-order valence-corrected chi connectivity index (χ2v) is 4.33. The van der Waals surface area contributed by atoms with E-state index >= 15 is 0 Å². The average Bonchev–Trinajstić information content (AvgIpc) is 2.17. The van der Waals surface area contributed by atoms with Crippen LogP contribution in [0.3, 0.4) is 0 Å². The largest absolute Gasteiger partial charge is 0.350 e. The van der Waals surface area contributed by atoms with Gasteiger partial charge in [-0.15, -0.1) is 11.8 Å². The summed E-state index contributed by atoms with van der Waals surface area (Å²) in [7, 11) is 0. The lowest BCUT2D eigenvalue weighted by Gasteiger charge is -2.01. The number of nitrogens with zero attached hydrogens (tertiary/aromatic N) is 1. The topological polar surface area (TPSA) is 67.5 Å². The molecular weight excluding hydrogens is 278 g/mol. The number of hydrazone groups is 1. The third-order valence-electron chi connectivity index (χ3n) is 1.56. The van der Waals surface area contributed by atoms with Crippen LogP contribution in [-0.2, 0) is 0 Å². The summed E-state index contributed by atoms with van der Waals surface area (Å²) in [6.07, 6.45) is 3.53. The number of primary amides is 1. The second-order valence-electron chi connectivity index (χ2n) is 2.63. The number of carbonyl (C=O) groups is 1. The van der Waals surface area contributed by atoms with E-state index in [0.29, 0.717) is 0 Å². The van der Waals surface area contributed by atoms with Gasteiger partial charge in [-0.1, -0.05) is 6.07 Å². The van der Waals surface area contributed by atoms with Crippen molar-refractivity contribution in [2.24, 2.45) is 10.8 Å². The van der Waals surface area contributed by atoms with Gasteiger partial charge in [0.1, 0.15) is 0 Å². The molecule has 2 amide bonds. The first kappa shape index (κ1) is 12.1. The third-order valence-corrected chi connectivity index (χ3v) is 3.28. The van der Waals surface area contributed by atoms with Gasteiger partial charge in [0.2, 0.25) is 0 Å². The van der Waals surface area contributed by atoms with E-state index in [0.717, 1.165) is 14.9 Å². The van der Waals surface area contributed by atoms with Crippen molar-refractivity contribution in [1.82, 2.24) is 5.43 Å². The molecule has 1 rings (SSSR count). The van der Waals surface area contributed by atoms with Gasteiger partial charge in [-0.2, -0.15) is 5.10 Å². The fraction of sp³-hybridized carbons (Fsp3) is 0.111. The molecule has 0 aliphatic heterocycles. The van der Waals surface area contributed by atoms with Gasteiger partial charge >= 0.3 is 6.03 Å².